The Morgan fingerprint density at radius 3 is 2.70 bits per heavy atom. The lowest BCUT2D eigenvalue weighted by molar-refractivity contribution is 0.0950. The average Bonchev–Trinajstić information content (AvgIpc) is 3.28. The van der Waals surface area contributed by atoms with Crippen molar-refractivity contribution in [2.45, 2.75) is 33.4 Å². The molecule has 3 aromatic heterocycles. The third-order valence-corrected chi connectivity index (χ3v) is 7.49. The van der Waals surface area contributed by atoms with Gasteiger partial charge in [-0.3, -0.25) is 9.48 Å². The van der Waals surface area contributed by atoms with Crippen LogP contribution in [-0.2, 0) is 13.1 Å². The standard InChI is InChI=1S/C25H25ClFN9O/c1-14-16(3-6-23(30-14)34-9-17-7-18(17)10-34)11-35-12-20(15(2)31-35)25(37)28-8-19-22(36-13-29-32-33-36)5-4-21(26)24(19)27/h3-6,12-13,17-18H,7-11H2,1-2H3,(H,28,37). The summed E-state index contributed by atoms with van der Waals surface area (Å²) in [5, 5.41) is 18.2. The van der Waals surface area contributed by atoms with Crippen LogP contribution < -0.4 is 10.2 Å². The molecule has 6 rings (SSSR count). The molecule has 2 unspecified atom stereocenters. The van der Waals surface area contributed by atoms with Crippen molar-refractivity contribution >= 4 is 23.3 Å². The van der Waals surface area contributed by atoms with Crippen LogP contribution in [0, 0.1) is 31.5 Å². The Labute approximate surface area is 217 Å². The van der Waals surface area contributed by atoms with E-state index in [9.17, 15) is 9.18 Å². The van der Waals surface area contributed by atoms with E-state index in [2.05, 4.69) is 43.0 Å². The number of tetrazole rings is 1. The van der Waals surface area contributed by atoms with Crippen LogP contribution in [0.5, 0.6) is 0 Å². The third kappa shape index (κ3) is 4.55. The SMILES string of the molecule is Cc1nc(N2CC3CC3C2)ccc1Cn1cc(C(=O)NCc2c(-n3cnnn3)ccc(Cl)c2F)c(C)n1. The maximum absolute atomic E-state index is 14.8. The summed E-state index contributed by atoms with van der Waals surface area (Å²) in [6, 6.07) is 7.17. The number of hydrogen-bond acceptors (Lipinski definition) is 7. The largest absolute Gasteiger partial charge is 0.356 e. The zero-order valence-electron chi connectivity index (χ0n) is 20.4. The number of carbonyl (C=O) groups excluding carboxylic acids is 1. The normalized spacial score (nSPS) is 18.2. The molecule has 1 aliphatic carbocycles. The zero-order valence-corrected chi connectivity index (χ0v) is 21.2. The number of hydrogen-bond donors (Lipinski definition) is 1. The number of aryl methyl sites for hydroxylation is 2. The molecule has 12 heteroatoms. The minimum atomic E-state index is -0.639. The lowest BCUT2D eigenvalue weighted by Gasteiger charge is -2.20. The van der Waals surface area contributed by atoms with Gasteiger partial charge in [0.1, 0.15) is 18.0 Å². The topological polar surface area (TPSA) is 107 Å². The Balaban J connectivity index is 1.15. The molecule has 0 spiro atoms. The molecule has 0 radical (unpaired) electrons. The Morgan fingerprint density at radius 2 is 1.97 bits per heavy atom. The first-order valence-corrected chi connectivity index (χ1v) is 12.5. The van der Waals surface area contributed by atoms with Crippen molar-refractivity contribution in [1.82, 2.24) is 40.3 Å². The van der Waals surface area contributed by atoms with Gasteiger partial charge in [0.2, 0.25) is 0 Å². The Bertz CT molecular complexity index is 1480. The summed E-state index contributed by atoms with van der Waals surface area (Å²) in [5.74, 6) is 1.71. The quantitative estimate of drug-likeness (QED) is 0.398. The fourth-order valence-corrected chi connectivity index (χ4v) is 5.18. The summed E-state index contributed by atoms with van der Waals surface area (Å²) in [6.07, 6.45) is 4.40. The van der Waals surface area contributed by atoms with Crippen LogP contribution in [0.3, 0.4) is 0 Å². The van der Waals surface area contributed by atoms with Crippen LogP contribution in [0.2, 0.25) is 5.02 Å². The van der Waals surface area contributed by atoms with Gasteiger partial charge in [0.25, 0.3) is 5.91 Å². The van der Waals surface area contributed by atoms with Gasteiger partial charge in [0.15, 0.2) is 0 Å². The number of nitrogens with one attached hydrogen (secondary N) is 1. The molecule has 37 heavy (non-hydrogen) atoms. The van der Waals surface area contributed by atoms with Gasteiger partial charge in [0, 0.05) is 37.1 Å². The number of pyridine rings is 1. The van der Waals surface area contributed by atoms with Crippen LogP contribution in [0.15, 0.2) is 36.8 Å². The predicted molar refractivity (Wildman–Crippen MR) is 134 cm³/mol. The van der Waals surface area contributed by atoms with Gasteiger partial charge in [-0.15, -0.1) is 5.10 Å². The number of rotatable bonds is 7. The molecule has 1 amide bonds. The van der Waals surface area contributed by atoms with Gasteiger partial charge in [-0.05, 0) is 66.3 Å². The number of amides is 1. The van der Waals surface area contributed by atoms with E-state index < -0.39 is 5.82 Å². The minimum absolute atomic E-state index is 0.0541. The highest BCUT2D eigenvalue weighted by molar-refractivity contribution is 6.30. The number of anilines is 1. The van der Waals surface area contributed by atoms with Crippen LogP contribution in [-0.4, -0.2) is 54.0 Å². The van der Waals surface area contributed by atoms with Crippen molar-refractivity contribution < 1.29 is 9.18 Å². The number of piperidine rings is 1. The Morgan fingerprint density at radius 1 is 1.16 bits per heavy atom. The van der Waals surface area contributed by atoms with Gasteiger partial charge in [0.05, 0.1) is 28.5 Å². The second kappa shape index (κ2) is 9.22. The molecule has 0 bridgehead atoms. The molecular formula is C25H25ClFN9O. The van der Waals surface area contributed by atoms with E-state index in [-0.39, 0.29) is 23.0 Å². The molecule has 1 saturated carbocycles. The van der Waals surface area contributed by atoms with E-state index in [4.69, 9.17) is 16.6 Å². The summed E-state index contributed by atoms with van der Waals surface area (Å²) >= 11 is 5.98. The molecular weight excluding hydrogens is 497 g/mol. The van der Waals surface area contributed by atoms with Crippen LogP contribution in [0.25, 0.3) is 5.69 Å². The van der Waals surface area contributed by atoms with Crippen molar-refractivity contribution in [2.75, 3.05) is 18.0 Å². The number of fused-ring (bicyclic) bond motifs is 1. The van der Waals surface area contributed by atoms with E-state index in [0.29, 0.717) is 23.5 Å². The van der Waals surface area contributed by atoms with E-state index in [1.54, 1.807) is 23.9 Å². The monoisotopic (exact) mass is 521 g/mol. The van der Waals surface area contributed by atoms with Crippen molar-refractivity contribution in [2.24, 2.45) is 11.8 Å². The molecule has 1 aliphatic heterocycles. The summed E-state index contributed by atoms with van der Waals surface area (Å²) in [4.78, 5) is 20.2. The second-order valence-electron chi connectivity index (χ2n) is 9.70. The smallest absolute Gasteiger partial charge is 0.255 e. The van der Waals surface area contributed by atoms with Gasteiger partial charge in [-0.2, -0.15) is 5.10 Å². The third-order valence-electron chi connectivity index (χ3n) is 7.20. The minimum Gasteiger partial charge on any atom is -0.356 e. The second-order valence-corrected chi connectivity index (χ2v) is 10.1. The molecule has 190 valence electrons. The fraction of sp³-hybridized carbons (Fsp3) is 0.360. The van der Waals surface area contributed by atoms with E-state index in [1.807, 2.05) is 6.92 Å². The van der Waals surface area contributed by atoms with Gasteiger partial charge in [-0.1, -0.05) is 17.7 Å². The number of carbonyl (C=O) groups is 1. The first-order chi connectivity index (χ1) is 17.9. The molecule has 4 aromatic rings. The highest BCUT2D eigenvalue weighted by atomic mass is 35.5. The Hall–Kier alpha value is -3.86. The maximum atomic E-state index is 14.8. The number of aromatic nitrogens is 7. The number of benzene rings is 1. The molecule has 1 aromatic carbocycles. The van der Waals surface area contributed by atoms with Crippen LogP contribution in [0.4, 0.5) is 10.2 Å². The number of halogens is 2. The van der Waals surface area contributed by atoms with Gasteiger partial charge < -0.3 is 10.2 Å². The lowest BCUT2D eigenvalue weighted by Crippen LogP contribution is -2.24. The molecule has 10 nitrogen and oxygen atoms in total. The van der Waals surface area contributed by atoms with Crippen molar-refractivity contribution in [3.63, 3.8) is 0 Å². The molecule has 2 atom stereocenters. The van der Waals surface area contributed by atoms with Gasteiger partial charge >= 0.3 is 0 Å². The highest BCUT2D eigenvalue weighted by Crippen LogP contribution is 2.46. The number of nitrogens with zero attached hydrogens (tertiary/aromatic N) is 8. The van der Waals surface area contributed by atoms with E-state index >= 15 is 0 Å². The first-order valence-electron chi connectivity index (χ1n) is 12.1. The molecule has 1 N–H and O–H groups in total. The van der Waals surface area contributed by atoms with Crippen molar-refractivity contribution in [3.05, 3.63) is 75.7 Å². The van der Waals surface area contributed by atoms with E-state index in [0.717, 1.165) is 42.0 Å². The van der Waals surface area contributed by atoms with Crippen molar-refractivity contribution in [3.8, 4) is 5.69 Å². The predicted octanol–water partition coefficient (Wildman–Crippen LogP) is 3.10. The zero-order chi connectivity index (χ0) is 25.7. The van der Waals surface area contributed by atoms with E-state index in [1.165, 1.54) is 23.5 Å². The van der Waals surface area contributed by atoms with Gasteiger partial charge in [-0.25, -0.2) is 14.1 Å². The summed E-state index contributed by atoms with van der Waals surface area (Å²) in [5.41, 5.74) is 3.53. The van der Waals surface area contributed by atoms with Crippen molar-refractivity contribution in [1.29, 1.82) is 0 Å². The summed E-state index contributed by atoms with van der Waals surface area (Å²) < 4.78 is 17.9. The van der Waals surface area contributed by atoms with Crippen LogP contribution in [0.1, 0.15) is 39.3 Å². The molecule has 2 fully saturated rings. The summed E-state index contributed by atoms with van der Waals surface area (Å²) in [7, 11) is 0. The van der Waals surface area contributed by atoms with Crippen LogP contribution >= 0.6 is 11.6 Å². The first kappa shape index (κ1) is 23.5. The molecule has 2 aliphatic rings. The highest BCUT2D eigenvalue weighted by Gasteiger charge is 2.45. The molecule has 1 saturated heterocycles. The average molecular weight is 522 g/mol. The maximum Gasteiger partial charge on any atom is 0.255 e. The summed E-state index contributed by atoms with van der Waals surface area (Å²) in [6.45, 7) is 6.36. The lowest BCUT2D eigenvalue weighted by atomic mass is 10.1. The molecule has 4 heterocycles. The Kier molecular flexibility index (Phi) is 5.86. The fourth-order valence-electron chi connectivity index (χ4n) is 5.00.